The van der Waals surface area contributed by atoms with Crippen molar-refractivity contribution in [3.63, 3.8) is 0 Å². The van der Waals surface area contributed by atoms with Crippen molar-refractivity contribution in [2.24, 2.45) is 0 Å². The summed E-state index contributed by atoms with van der Waals surface area (Å²) in [6, 6.07) is 11.1. The number of nitrogens with one attached hydrogen (secondary N) is 1. The summed E-state index contributed by atoms with van der Waals surface area (Å²) in [4.78, 5) is 2.50. The van der Waals surface area contributed by atoms with E-state index in [1.807, 2.05) is 0 Å². The number of aromatic nitrogens is 3. The molecular formula is C18H25N5. The second kappa shape index (κ2) is 6.81. The Morgan fingerprint density at radius 2 is 2.00 bits per heavy atom. The predicted molar refractivity (Wildman–Crippen MR) is 90.0 cm³/mol. The van der Waals surface area contributed by atoms with Gasteiger partial charge in [0.15, 0.2) is 0 Å². The van der Waals surface area contributed by atoms with E-state index in [0.717, 1.165) is 50.8 Å². The van der Waals surface area contributed by atoms with E-state index in [2.05, 4.69) is 55.3 Å². The number of hydrogen-bond acceptors (Lipinski definition) is 4. The van der Waals surface area contributed by atoms with E-state index in [4.69, 9.17) is 0 Å². The maximum absolute atomic E-state index is 4.50. The summed E-state index contributed by atoms with van der Waals surface area (Å²) in [5.41, 5.74) is 1.41. The molecule has 2 aromatic rings. The molecule has 0 bridgehead atoms. The topological polar surface area (TPSA) is 46.0 Å². The molecule has 1 saturated heterocycles. The molecule has 1 N–H and O–H groups in total. The largest absolute Gasteiger partial charge is 0.311 e. The monoisotopic (exact) mass is 311 g/mol. The first-order valence-electron chi connectivity index (χ1n) is 8.82. The molecule has 0 amide bonds. The molecule has 2 aliphatic rings. The molecule has 1 fully saturated rings. The van der Waals surface area contributed by atoms with Gasteiger partial charge in [-0.15, -0.1) is 10.2 Å². The van der Waals surface area contributed by atoms with Gasteiger partial charge >= 0.3 is 0 Å². The fourth-order valence-electron chi connectivity index (χ4n) is 3.68. The van der Waals surface area contributed by atoms with Crippen LogP contribution in [-0.4, -0.2) is 39.3 Å². The van der Waals surface area contributed by atoms with E-state index in [0.29, 0.717) is 6.04 Å². The fourth-order valence-corrected chi connectivity index (χ4v) is 3.68. The van der Waals surface area contributed by atoms with Gasteiger partial charge in [0.25, 0.3) is 0 Å². The fraction of sp³-hybridized carbons (Fsp3) is 0.556. The maximum atomic E-state index is 4.50. The Labute approximate surface area is 137 Å². The molecule has 1 atom stereocenters. The van der Waals surface area contributed by atoms with Crippen molar-refractivity contribution in [2.45, 2.75) is 44.8 Å². The van der Waals surface area contributed by atoms with E-state index in [1.54, 1.807) is 0 Å². The molecule has 5 heteroatoms. The average molecular weight is 311 g/mol. The lowest BCUT2D eigenvalue weighted by atomic mass is 10.0. The second-order valence-corrected chi connectivity index (χ2v) is 6.64. The van der Waals surface area contributed by atoms with Gasteiger partial charge in [-0.1, -0.05) is 36.8 Å². The Morgan fingerprint density at radius 1 is 1.09 bits per heavy atom. The van der Waals surface area contributed by atoms with Gasteiger partial charge in [0.05, 0.1) is 12.6 Å². The summed E-state index contributed by atoms with van der Waals surface area (Å²) < 4.78 is 2.35. The molecule has 0 saturated carbocycles. The van der Waals surface area contributed by atoms with E-state index in [9.17, 15) is 0 Å². The standard InChI is InChI=1S/C18H25N5/c1-2-6-15(7-3-1)9-11-22-12-13-23-17(14-22)20-21-18(23)16-8-4-5-10-19-16/h1-3,6-7,16,19H,4-5,8-14H2. The Hall–Kier alpha value is -1.72. The van der Waals surface area contributed by atoms with Crippen LogP contribution in [0.15, 0.2) is 30.3 Å². The van der Waals surface area contributed by atoms with Gasteiger partial charge in [-0.25, -0.2) is 0 Å². The normalized spacial score (nSPS) is 22.0. The number of piperidine rings is 1. The number of benzene rings is 1. The zero-order valence-electron chi connectivity index (χ0n) is 13.6. The highest BCUT2D eigenvalue weighted by molar-refractivity contribution is 5.15. The zero-order chi connectivity index (χ0) is 15.5. The highest BCUT2D eigenvalue weighted by Crippen LogP contribution is 2.24. The van der Waals surface area contributed by atoms with Gasteiger partial charge in [-0.2, -0.15) is 0 Å². The first kappa shape index (κ1) is 14.8. The van der Waals surface area contributed by atoms with Crippen molar-refractivity contribution in [2.75, 3.05) is 19.6 Å². The summed E-state index contributed by atoms with van der Waals surface area (Å²) >= 11 is 0. The van der Waals surface area contributed by atoms with Crippen LogP contribution in [0.1, 0.15) is 42.5 Å². The van der Waals surface area contributed by atoms with Crippen LogP contribution in [0.4, 0.5) is 0 Å². The minimum Gasteiger partial charge on any atom is -0.311 e. The number of hydrogen-bond donors (Lipinski definition) is 1. The summed E-state index contributed by atoms with van der Waals surface area (Å²) in [6.07, 6.45) is 4.87. The van der Waals surface area contributed by atoms with Crippen LogP contribution in [0.5, 0.6) is 0 Å². The van der Waals surface area contributed by atoms with Gasteiger partial charge in [0.1, 0.15) is 11.6 Å². The van der Waals surface area contributed by atoms with Gasteiger partial charge in [-0.05, 0) is 31.4 Å². The molecule has 1 aromatic carbocycles. The van der Waals surface area contributed by atoms with Gasteiger partial charge in [-0.3, -0.25) is 4.90 Å². The Kier molecular flexibility index (Phi) is 4.39. The Morgan fingerprint density at radius 3 is 2.83 bits per heavy atom. The van der Waals surface area contributed by atoms with Crippen molar-refractivity contribution >= 4 is 0 Å². The lowest BCUT2D eigenvalue weighted by Gasteiger charge is -2.29. The van der Waals surface area contributed by atoms with Gasteiger partial charge < -0.3 is 9.88 Å². The van der Waals surface area contributed by atoms with E-state index in [1.165, 1.54) is 24.8 Å². The SMILES string of the molecule is c1ccc(CCN2CCn3c(nnc3C3CCCCN3)C2)cc1. The molecule has 0 radical (unpaired) electrons. The van der Waals surface area contributed by atoms with Crippen LogP contribution in [0, 0.1) is 0 Å². The zero-order valence-corrected chi connectivity index (χ0v) is 13.6. The van der Waals surface area contributed by atoms with Gasteiger partial charge in [0, 0.05) is 19.6 Å². The minimum atomic E-state index is 0.404. The summed E-state index contributed by atoms with van der Waals surface area (Å²) in [5, 5.41) is 12.6. The summed E-state index contributed by atoms with van der Waals surface area (Å²) in [7, 11) is 0. The van der Waals surface area contributed by atoms with Crippen molar-refractivity contribution in [1.29, 1.82) is 0 Å². The Balaban J connectivity index is 1.39. The summed E-state index contributed by atoms with van der Waals surface area (Å²) in [6.45, 7) is 5.23. The smallest absolute Gasteiger partial charge is 0.150 e. The van der Waals surface area contributed by atoms with Crippen molar-refractivity contribution < 1.29 is 0 Å². The third-order valence-corrected chi connectivity index (χ3v) is 5.04. The molecule has 23 heavy (non-hydrogen) atoms. The molecule has 3 heterocycles. The molecule has 5 nitrogen and oxygen atoms in total. The van der Waals surface area contributed by atoms with E-state index in [-0.39, 0.29) is 0 Å². The number of nitrogens with zero attached hydrogens (tertiary/aromatic N) is 4. The second-order valence-electron chi connectivity index (χ2n) is 6.64. The van der Waals surface area contributed by atoms with Crippen LogP contribution in [0.3, 0.4) is 0 Å². The van der Waals surface area contributed by atoms with E-state index < -0.39 is 0 Å². The number of rotatable bonds is 4. The highest BCUT2D eigenvalue weighted by Gasteiger charge is 2.26. The maximum Gasteiger partial charge on any atom is 0.150 e. The summed E-state index contributed by atoms with van der Waals surface area (Å²) in [5.74, 6) is 2.29. The quantitative estimate of drug-likeness (QED) is 0.940. The van der Waals surface area contributed by atoms with Crippen molar-refractivity contribution in [1.82, 2.24) is 25.0 Å². The van der Waals surface area contributed by atoms with Gasteiger partial charge in [0.2, 0.25) is 0 Å². The number of fused-ring (bicyclic) bond motifs is 1. The third-order valence-electron chi connectivity index (χ3n) is 5.04. The molecule has 2 aliphatic heterocycles. The van der Waals surface area contributed by atoms with Crippen LogP contribution in [-0.2, 0) is 19.5 Å². The van der Waals surface area contributed by atoms with Crippen LogP contribution < -0.4 is 5.32 Å². The van der Waals surface area contributed by atoms with Crippen molar-refractivity contribution in [3.8, 4) is 0 Å². The lowest BCUT2D eigenvalue weighted by molar-refractivity contribution is 0.215. The first-order chi connectivity index (χ1) is 11.4. The molecule has 0 spiro atoms. The predicted octanol–water partition coefficient (Wildman–Crippen LogP) is 2.15. The molecule has 1 aromatic heterocycles. The lowest BCUT2D eigenvalue weighted by Crippen LogP contribution is -2.37. The Bertz CT molecular complexity index is 630. The minimum absolute atomic E-state index is 0.404. The average Bonchev–Trinajstić information content (AvgIpc) is 3.05. The molecule has 122 valence electrons. The molecule has 4 rings (SSSR count). The molecule has 1 unspecified atom stereocenters. The highest BCUT2D eigenvalue weighted by atomic mass is 15.3. The van der Waals surface area contributed by atoms with Crippen LogP contribution in [0.25, 0.3) is 0 Å². The van der Waals surface area contributed by atoms with Crippen molar-refractivity contribution in [3.05, 3.63) is 47.5 Å². The van der Waals surface area contributed by atoms with Crippen LogP contribution in [0.2, 0.25) is 0 Å². The van der Waals surface area contributed by atoms with Crippen LogP contribution >= 0.6 is 0 Å². The first-order valence-corrected chi connectivity index (χ1v) is 8.82. The van der Waals surface area contributed by atoms with E-state index >= 15 is 0 Å². The third kappa shape index (κ3) is 3.31. The molecular weight excluding hydrogens is 286 g/mol. The molecule has 0 aliphatic carbocycles.